The number of nitrogens with zero attached hydrogens (tertiary/aromatic N) is 1. The van der Waals surface area contributed by atoms with Crippen molar-refractivity contribution in [3.8, 4) is 0 Å². The summed E-state index contributed by atoms with van der Waals surface area (Å²) >= 11 is 0. The van der Waals surface area contributed by atoms with Crippen LogP contribution in [0.3, 0.4) is 0 Å². The van der Waals surface area contributed by atoms with E-state index in [1.165, 1.54) is 4.57 Å². The minimum Gasteiger partial charge on any atom is -0.361 e. The van der Waals surface area contributed by atoms with Gasteiger partial charge in [-0.15, -0.1) is 0 Å². The molecule has 0 fully saturated rings. The summed E-state index contributed by atoms with van der Waals surface area (Å²) in [5, 5.41) is 1.65. The van der Waals surface area contributed by atoms with Crippen molar-refractivity contribution < 1.29 is 0 Å². The van der Waals surface area contributed by atoms with Gasteiger partial charge in [-0.05, 0) is 12.1 Å². The third-order valence-corrected chi connectivity index (χ3v) is 3.14. The molecule has 0 aliphatic carbocycles. The molecular weight excluding hydrogens is 226 g/mol. The second kappa shape index (κ2) is 3.77. The summed E-state index contributed by atoms with van der Waals surface area (Å²) in [6.07, 6.45) is 3.74. The fourth-order valence-corrected chi connectivity index (χ4v) is 2.06. The van der Waals surface area contributed by atoms with Crippen molar-refractivity contribution in [1.82, 2.24) is 14.5 Å². The fourth-order valence-electron chi connectivity index (χ4n) is 2.06. The van der Waals surface area contributed by atoms with Gasteiger partial charge in [0.05, 0.1) is 0 Å². The van der Waals surface area contributed by atoms with Crippen molar-refractivity contribution in [3.05, 3.63) is 57.2 Å². The molecule has 0 radical (unpaired) electrons. The number of hydrogen-bond acceptors (Lipinski definition) is 1. The van der Waals surface area contributed by atoms with E-state index in [9.17, 15) is 4.79 Å². The molecule has 0 unspecified atom stereocenters. The van der Waals surface area contributed by atoms with Gasteiger partial charge in [-0.25, -0.2) is 0 Å². The highest BCUT2D eigenvalue weighted by Gasteiger charge is 2.02. The molecule has 18 heavy (non-hydrogen) atoms. The van der Waals surface area contributed by atoms with Gasteiger partial charge in [0.25, 0.3) is 5.56 Å². The van der Waals surface area contributed by atoms with Crippen LogP contribution in [-0.4, -0.2) is 14.5 Å². The summed E-state index contributed by atoms with van der Waals surface area (Å²) in [6.45, 7) is 3.77. The van der Waals surface area contributed by atoms with E-state index in [0.717, 1.165) is 16.5 Å². The summed E-state index contributed by atoms with van der Waals surface area (Å²) in [7, 11) is 1.70. The molecule has 3 rings (SSSR count). The van der Waals surface area contributed by atoms with Gasteiger partial charge in [0.15, 0.2) is 0 Å². The normalized spacial score (nSPS) is 12.4. The first-order valence-electron chi connectivity index (χ1n) is 5.68. The zero-order chi connectivity index (χ0) is 12.7. The first kappa shape index (κ1) is 10.7. The first-order valence-corrected chi connectivity index (χ1v) is 5.68. The van der Waals surface area contributed by atoms with Crippen LogP contribution in [0.25, 0.3) is 23.6 Å². The standard InChI is InChI=1S/C14H13N3O/c1-9-16-13(14(18)17(9)2)7-10-8-15-12-6-4-3-5-11(10)12/h3-8,15-16H,1H2,2H3. The quantitative estimate of drug-likeness (QED) is 0.636. The van der Waals surface area contributed by atoms with Crippen LogP contribution in [0.2, 0.25) is 0 Å². The molecule has 0 amide bonds. The molecule has 0 saturated carbocycles. The van der Waals surface area contributed by atoms with E-state index in [1.807, 2.05) is 36.5 Å². The van der Waals surface area contributed by atoms with Crippen molar-refractivity contribution in [3.63, 3.8) is 0 Å². The second-order valence-electron chi connectivity index (χ2n) is 4.28. The Hall–Kier alpha value is -2.49. The van der Waals surface area contributed by atoms with Gasteiger partial charge >= 0.3 is 0 Å². The second-order valence-corrected chi connectivity index (χ2v) is 4.28. The first-order chi connectivity index (χ1) is 8.66. The lowest BCUT2D eigenvalue weighted by atomic mass is 10.2. The molecule has 0 aliphatic rings. The highest BCUT2D eigenvalue weighted by atomic mass is 16.1. The number of para-hydroxylation sites is 1. The molecule has 0 bridgehead atoms. The predicted molar refractivity (Wildman–Crippen MR) is 72.7 cm³/mol. The molecule has 2 heterocycles. The Bertz CT molecular complexity index is 880. The molecule has 0 atom stereocenters. The van der Waals surface area contributed by atoms with Crippen LogP contribution in [0.5, 0.6) is 0 Å². The number of H-pyrrole nitrogens is 2. The van der Waals surface area contributed by atoms with Crippen LogP contribution in [-0.2, 0) is 7.05 Å². The highest BCUT2D eigenvalue weighted by molar-refractivity contribution is 5.88. The summed E-state index contributed by atoms with van der Waals surface area (Å²) in [5.74, 6) is 0. The smallest absolute Gasteiger partial charge is 0.275 e. The van der Waals surface area contributed by atoms with Crippen LogP contribution >= 0.6 is 0 Å². The Balaban J connectivity index is 2.31. The average molecular weight is 239 g/mol. The van der Waals surface area contributed by atoms with Crippen molar-refractivity contribution >= 4 is 23.6 Å². The zero-order valence-corrected chi connectivity index (χ0v) is 10.0. The monoisotopic (exact) mass is 239 g/mol. The number of fused-ring (bicyclic) bond motifs is 1. The number of nitrogens with one attached hydrogen (secondary N) is 2. The van der Waals surface area contributed by atoms with Gasteiger partial charge < -0.3 is 9.97 Å². The Labute approximate surface area is 103 Å². The SMILES string of the molecule is C=c1[nH]c(=Cc2c[nH]c3ccccc23)c(=O)n1C. The van der Waals surface area contributed by atoms with Gasteiger partial charge in [0.1, 0.15) is 10.8 Å². The number of imidazole rings is 1. The fraction of sp³-hybridized carbons (Fsp3) is 0.0714. The van der Waals surface area contributed by atoms with E-state index in [1.54, 1.807) is 7.05 Å². The third kappa shape index (κ3) is 1.50. The summed E-state index contributed by atoms with van der Waals surface area (Å²) < 4.78 is 1.50. The van der Waals surface area contributed by atoms with E-state index in [0.29, 0.717) is 10.8 Å². The van der Waals surface area contributed by atoms with Crippen LogP contribution in [0.4, 0.5) is 0 Å². The van der Waals surface area contributed by atoms with Crippen LogP contribution in [0.15, 0.2) is 35.3 Å². The molecule has 90 valence electrons. The largest absolute Gasteiger partial charge is 0.361 e. The maximum Gasteiger partial charge on any atom is 0.275 e. The van der Waals surface area contributed by atoms with Crippen molar-refractivity contribution in [2.45, 2.75) is 0 Å². The maximum absolute atomic E-state index is 11.9. The minimum atomic E-state index is -0.0646. The number of benzene rings is 1. The molecule has 4 nitrogen and oxygen atoms in total. The lowest BCUT2D eigenvalue weighted by Gasteiger charge is -1.89. The number of aromatic nitrogens is 3. The molecule has 4 heteroatoms. The molecule has 1 aromatic carbocycles. The average Bonchev–Trinajstić information content (AvgIpc) is 2.89. The number of rotatable bonds is 1. The summed E-state index contributed by atoms with van der Waals surface area (Å²) in [4.78, 5) is 18.1. The highest BCUT2D eigenvalue weighted by Crippen LogP contribution is 2.17. The molecule has 2 N–H and O–H groups in total. The van der Waals surface area contributed by atoms with Gasteiger partial charge in [-0.2, -0.15) is 0 Å². The zero-order valence-electron chi connectivity index (χ0n) is 10.0. The lowest BCUT2D eigenvalue weighted by molar-refractivity contribution is 0.840. The van der Waals surface area contributed by atoms with E-state index < -0.39 is 0 Å². The summed E-state index contributed by atoms with van der Waals surface area (Å²) in [5.41, 5.74) is 2.59. The third-order valence-electron chi connectivity index (χ3n) is 3.14. The number of aromatic amines is 2. The van der Waals surface area contributed by atoms with E-state index >= 15 is 0 Å². The number of hydrogen-bond donors (Lipinski definition) is 2. The van der Waals surface area contributed by atoms with Crippen LogP contribution in [0.1, 0.15) is 5.56 Å². The molecule has 2 aromatic heterocycles. The Morgan fingerprint density at radius 2 is 2.11 bits per heavy atom. The van der Waals surface area contributed by atoms with E-state index in [-0.39, 0.29) is 5.56 Å². The van der Waals surface area contributed by atoms with Crippen LogP contribution in [0, 0.1) is 0 Å². The van der Waals surface area contributed by atoms with Crippen LogP contribution < -0.4 is 16.4 Å². The molecule has 0 saturated heterocycles. The topological polar surface area (TPSA) is 53.6 Å². The predicted octanol–water partition coefficient (Wildman–Crippen LogP) is 0.434. The Morgan fingerprint density at radius 3 is 2.83 bits per heavy atom. The molecule has 0 aliphatic heterocycles. The van der Waals surface area contributed by atoms with E-state index in [2.05, 4.69) is 16.5 Å². The van der Waals surface area contributed by atoms with E-state index in [4.69, 9.17) is 0 Å². The molecular formula is C14H13N3O. The van der Waals surface area contributed by atoms with Crippen molar-refractivity contribution in [1.29, 1.82) is 0 Å². The van der Waals surface area contributed by atoms with Gasteiger partial charge in [0.2, 0.25) is 0 Å². The van der Waals surface area contributed by atoms with Crippen molar-refractivity contribution in [2.75, 3.05) is 0 Å². The minimum absolute atomic E-state index is 0.0646. The summed E-state index contributed by atoms with van der Waals surface area (Å²) in [6, 6.07) is 7.99. The molecule has 3 aromatic rings. The van der Waals surface area contributed by atoms with Gasteiger partial charge in [0, 0.05) is 29.7 Å². The van der Waals surface area contributed by atoms with Crippen molar-refractivity contribution in [2.24, 2.45) is 7.05 Å². The lowest BCUT2D eigenvalue weighted by Crippen LogP contribution is -2.28. The molecule has 0 spiro atoms. The van der Waals surface area contributed by atoms with Gasteiger partial charge in [-0.1, -0.05) is 24.8 Å². The maximum atomic E-state index is 11.9. The Morgan fingerprint density at radius 1 is 1.33 bits per heavy atom. The Kier molecular flexibility index (Phi) is 2.23. The van der Waals surface area contributed by atoms with Gasteiger partial charge in [-0.3, -0.25) is 9.36 Å².